The molecule has 2 aromatic rings. The minimum atomic E-state index is 1.03. The molecule has 1 nitrogen and oxygen atoms in total. The first-order valence-corrected chi connectivity index (χ1v) is 8.09. The molecule has 1 fully saturated rings. The Hall–Kier alpha value is -1.89. The third-order valence-corrected chi connectivity index (χ3v) is 4.31. The van der Waals surface area contributed by atoms with Gasteiger partial charge in [0.15, 0.2) is 18.8 Å². The normalized spacial score (nSPS) is 15.0. The minimum Gasteiger partial charge on any atom is -0.228 e. The van der Waals surface area contributed by atoms with Crippen molar-refractivity contribution in [2.24, 2.45) is 0 Å². The highest BCUT2D eigenvalue weighted by Crippen LogP contribution is 2.17. The largest absolute Gasteiger partial charge is 0.228 e. The molecule has 1 saturated carbocycles. The summed E-state index contributed by atoms with van der Waals surface area (Å²) in [6.07, 6.45) is 6.66. The molecule has 108 valence electrons. The fourth-order valence-corrected chi connectivity index (χ4v) is 3.16. The van der Waals surface area contributed by atoms with Gasteiger partial charge in [-0.2, -0.15) is 0 Å². The van der Waals surface area contributed by atoms with Gasteiger partial charge >= 0.3 is 0 Å². The molecule has 0 radical (unpaired) electrons. The molecular weight excluding hydrogens is 254 g/mol. The summed E-state index contributed by atoms with van der Waals surface area (Å²) in [7, 11) is 0. The second kappa shape index (κ2) is 7.21. The Bertz CT molecular complexity index is 532. The number of rotatable bonds is 4. The summed E-state index contributed by atoms with van der Waals surface area (Å²) in [4.78, 5) is 0. The summed E-state index contributed by atoms with van der Waals surface area (Å²) in [6.45, 7) is 2.07. The van der Waals surface area contributed by atoms with Crippen LogP contribution in [-0.4, -0.2) is 10.3 Å². The summed E-state index contributed by atoms with van der Waals surface area (Å²) >= 11 is 0. The molecule has 1 aliphatic rings. The average molecular weight is 278 g/mol. The highest BCUT2D eigenvalue weighted by molar-refractivity contribution is 5.80. The zero-order valence-corrected chi connectivity index (χ0v) is 12.7. The maximum atomic E-state index is 2.60. The van der Waals surface area contributed by atoms with Gasteiger partial charge in [0.2, 0.25) is 0 Å². The van der Waals surface area contributed by atoms with E-state index in [2.05, 4.69) is 65.2 Å². The van der Waals surface area contributed by atoms with Crippen LogP contribution >= 0.6 is 0 Å². The van der Waals surface area contributed by atoms with Crippen molar-refractivity contribution in [3.63, 3.8) is 0 Å². The lowest BCUT2D eigenvalue weighted by molar-refractivity contribution is -0.562. The van der Waals surface area contributed by atoms with E-state index in [4.69, 9.17) is 0 Å². The summed E-state index contributed by atoms with van der Waals surface area (Å²) in [5, 5.41) is 0. The lowest BCUT2D eigenvalue weighted by Crippen LogP contribution is -2.23. The van der Waals surface area contributed by atoms with Crippen LogP contribution in [0.3, 0.4) is 0 Å². The van der Waals surface area contributed by atoms with E-state index in [1.165, 1.54) is 43.2 Å². The van der Waals surface area contributed by atoms with Crippen LogP contribution in [0.2, 0.25) is 0 Å². The summed E-state index contributed by atoms with van der Waals surface area (Å²) in [5.41, 5.74) is 4.46. The molecule has 21 heavy (non-hydrogen) atoms. The van der Waals surface area contributed by atoms with Crippen LogP contribution in [0.4, 0.5) is 0 Å². The maximum absolute atomic E-state index is 2.60. The Kier molecular flexibility index (Phi) is 4.83. The molecule has 3 rings (SSSR count). The van der Waals surface area contributed by atoms with E-state index in [-0.39, 0.29) is 0 Å². The van der Waals surface area contributed by atoms with Gasteiger partial charge < -0.3 is 0 Å². The fourth-order valence-electron chi connectivity index (χ4n) is 3.16. The van der Waals surface area contributed by atoms with E-state index in [0.717, 1.165) is 13.1 Å². The molecule has 1 heteroatoms. The third-order valence-electron chi connectivity index (χ3n) is 4.31. The Morgan fingerprint density at radius 1 is 0.619 bits per heavy atom. The van der Waals surface area contributed by atoms with Crippen LogP contribution < -0.4 is 0 Å². The molecule has 2 aromatic carbocycles. The molecule has 0 aliphatic heterocycles. The Morgan fingerprint density at radius 3 is 1.57 bits per heavy atom. The molecule has 0 atom stereocenters. The first-order valence-electron chi connectivity index (χ1n) is 8.09. The second-order valence-electron chi connectivity index (χ2n) is 5.95. The minimum absolute atomic E-state index is 1.03. The van der Waals surface area contributed by atoms with Crippen LogP contribution in [0.15, 0.2) is 60.7 Å². The van der Waals surface area contributed by atoms with E-state index < -0.39 is 0 Å². The number of nitrogens with zero attached hydrogens (tertiary/aromatic N) is 1. The predicted octanol–water partition coefficient (Wildman–Crippen LogP) is 4.80. The molecule has 0 bridgehead atoms. The van der Waals surface area contributed by atoms with Crippen molar-refractivity contribution < 1.29 is 4.58 Å². The van der Waals surface area contributed by atoms with Crippen LogP contribution in [0, 0.1) is 0 Å². The fraction of sp³-hybridized carbons (Fsp3) is 0.350. The van der Waals surface area contributed by atoms with E-state index in [1.54, 1.807) is 5.71 Å². The molecule has 0 unspecified atom stereocenters. The molecule has 1 aliphatic carbocycles. The summed E-state index contributed by atoms with van der Waals surface area (Å²) < 4.78 is 2.60. The van der Waals surface area contributed by atoms with Gasteiger partial charge in [-0.05, 0) is 12.8 Å². The van der Waals surface area contributed by atoms with E-state index in [0.29, 0.717) is 0 Å². The quantitative estimate of drug-likeness (QED) is 0.706. The number of hydrogen-bond donors (Lipinski definition) is 0. The van der Waals surface area contributed by atoms with E-state index >= 15 is 0 Å². The first kappa shape index (κ1) is 14.1. The monoisotopic (exact) mass is 278 g/mol. The smallest absolute Gasteiger partial charge is 0.168 e. The Morgan fingerprint density at radius 2 is 1.10 bits per heavy atom. The second-order valence-corrected chi connectivity index (χ2v) is 5.95. The molecule has 0 amide bonds. The summed E-state index contributed by atoms with van der Waals surface area (Å²) in [6, 6.07) is 21.7. The van der Waals surface area contributed by atoms with Gasteiger partial charge in [-0.25, -0.2) is 4.58 Å². The zero-order chi connectivity index (χ0) is 14.3. The lowest BCUT2D eigenvalue weighted by atomic mass is 9.97. The van der Waals surface area contributed by atoms with Crippen LogP contribution in [0.5, 0.6) is 0 Å². The zero-order valence-electron chi connectivity index (χ0n) is 12.7. The van der Waals surface area contributed by atoms with Crippen molar-refractivity contribution in [2.75, 3.05) is 0 Å². The number of hydrogen-bond acceptors (Lipinski definition) is 0. The molecule has 0 N–H and O–H groups in total. The highest BCUT2D eigenvalue weighted by Gasteiger charge is 2.18. The number of benzene rings is 2. The van der Waals surface area contributed by atoms with Gasteiger partial charge in [-0.15, -0.1) is 0 Å². The van der Waals surface area contributed by atoms with E-state index in [9.17, 15) is 0 Å². The van der Waals surface area contributed by atoms with Gasteiger partial charge in [0.1, 0.15) is 0 Å². The van der Waals surface area contributed by atoms with Crippen LogP contribution in [-0.2, 0) is 13.1 Å². The van der Waals surface area contributed by atoms with Crippen molar-refractivity contribution >= 4 is 5.71 Å². The van der Waals surface area contributed by atoms with Gasteiger partial charge in [0, 0.05) is 24.0 Å². The topological polar surface area (TPSA) is 3.01 Å². The first-order chi connectivity index (χ1) is 10.4. The van der Waals surface area contributed by atoms with Crippen LogP contribution in [0.25, 0.3) is 0 Å². The van der Waals surface area contributed by atoms with Crippen molar-refractivity contribution in [1.82, 2.24) is 0 Å². The summed E-state index contributed by atoms with van der Waals surface area (Å²) in [5.74, 6) is 0. The van der Waals surface area contributed by atoms with Gasteiger partial charge in [-0.3, -0.25) is 0 Å². The van der Waals surface area contributed by atoms with Gasteiger partial charge in [0.05, 0.1) is 0 Å². The third kappa shape index (κ3) is 4.04. The standard InChI is InChI=1S/C20H24N/c1-4-10-18(11-5-1)16-21(20-14-8-3-9-15-20)17-19-12-6-2-7-13-19/h1-2,4-7,10-13H,3,8-9,14-17H2/q+1. The lowest BCUT2D eigenvalue weighted by Gasteiger charge is -2.15. The molecule has 0 saturated heterocycles. The highest BCUT2D eigenvalue weighted by atomic mass is 15.0. The van der Waals surface area contributed by atoms with Crippen molar-refractivity contribution in [3.05, 3.63) is 71.8 Å². The van der Waals surface area contributed by atoms with E-state index in [1.807, 2.05) is 0 Å². The Balaban J connectivity index is 1.84. The molecule has 0 spiro atoms. The molecule has 0 heterocycles. The predicted molar refractivity (Wildman–Crippen MR) is 88.6 cm³/mol. The average Bonchev–Trinajstić information content (AvgIpc) is 2.57. The van der Waals surface area contributed by atoms with Crippen molar-refractivity contribution in [3.8, 4) is 0 Å². The SMILES string of the molecule is c1ccc(C[N+](Cc2ccccc2)=C2CCCCC2)cc1. The maximum Gasteiger partial charge on any atom is 0.168 e. The molecule has 0 aromatic heterocycles. The van der Waals surface area contributed by atoms with Gasteiger partial charge in [-0.1, -0.05) is 67.1 Å². The van der Waals surface area contributed by atoms with Crippen molar-refractivity contribution in [1.29, 1.82) is 0 Å². The molecular formula is C20H24N+. The van der Waals surface area contributed by atoms with Gasteiger partial charge in [0.25, 0.3) is 0 Å². The van der Waals surface area contributed by atoms with Crippen LogP contribution in [0.1, 0.15) is 43.2 Å². The van der Waals surface area contributed by atoms with Crippen molar-refractivity contribution in [2.45, 2.75) is 45.2 Å². The Labute approximate surface area is 128 Å².